The van der Waals surface area contributed by atoms with E-state index in [-0.39, 0.29) is 11.6 Å². The molecule has 1 unspecified atom stereocenters. The van der Waals surface area contributed by atoms with Crippen molar-refractivity contribution in [2.45, 2.75) is 12.3 Å². The van der Waals surface area contributed by atoms with Crippen molar-refractivity contribution < 1.29 is 18.3 Å². The summed E-state index contributed by atoms with van der Waals surface area (Å²) in [6.07, 6.45) is -2.61. The monoisotopic (exact) mass is 276 g/mol. The molecule has 0 aliphatic heterocycles. The maximum Gasteiger partial charge on any atom is 0.416 e. The van der Waals surface area contributed by atoms with Gasteiger partial charge < -0.3 is 20.2 Å². The smallest absolute Gasteiger partial charge is 0.382 e. The van der Waals surface area contributed by atoms with Crippen LogP contribution in [-0.4, -0.2) is 38.3 Å². The van der Waals surface area contributed by atoms with Crippen molar-refractivity contribution in [2.75, 3.05) is 17.3 Å². The Bertz CT molecular complexity index is 569. The Balaban J connectivity index is 2.22. The maximum absolute atomic E-state index is 12.2. The summed E-state index contributed by atoms with van der Waals surface area (Å²) < 4.78 is 38.1. The highest BCUT2D eigenvalue weighted by molar-refractivity contribution is 5.65. The van der Waals surface area contributed by atoms with Crippen molar-refractivity contribution in [3.8, 4) is 0 Å². The van der Waals surface area contributed by atoms with Crippen LogP contribution in [0, 0.1) is 0 Å². The Labute approximate surface area is 105 Å². The molecule has 0 aliphatic rings. The average Bonchev–Trinajstić information content (AvgIpc) is 2.82. The molecule has 7 nitrogen and oxygen atoms in total. The van der Waals surface area contributed by atoms with Crippen LogP contribution in [0.4, 0.5) is 24.8 Å². The highest BCUT2D eigenvalue weighted by Crippen LogP contribution is 2.21. The minimum atomic E-state index is -4.69. The highest BCUT2D eigenvalue weighted by Gasteiger charge is 2.38. The summed E-state index contributed by atoms with van der Waals surface area (Å²) in [5.41, 5.74) is 2.61. The summed E-state index contributed by atoms with van der Waals surface area (Å²) >= 11 is 0. The number of nitrogens with two attached hydrogens (primary N) is 1. The molecule has 0 radical (unpaired) electrons. The van der Waals surface area contributed by atoms with Gasteiger partial charge in [-0.2, -0.15) is 13.2 Å². The number of halogens is 3. The molecule has 0 amide bonds. The average molecular weight is 276 g/mol. The van der Waals surface area contributed by atoms with Crippen molar-refractivity contribution in [1.29, 1.82) is 0 Å². The second-order valence-electron chi connectivity index (χ2n) is 3.72. The molecule has 2 aromatic heterocycles. The molecular weight excluding hydrogens is 265 g/mol. The van der Waals surface area contributed by atoms with E-state index in [4.69, 9.17) is 10.9 Å². The molecule has 104 valence electrons. The van der Waals surface area contributed by atoms with E-state index in [0.29, 0.717) is 5.65 Å². The summed E-state index contributed by atoms with van der Waals surface area (Å²) in [6, 6.07) is 0. The van der Waals surface area contributed by atoms with Crippen molar-refractivity contribution in [3.05, 3.63) is 18.6 Å². The maximum atomic E-state index is 12.2. The van der Waals surface area contributed by atoms with Gasteiger partial charge in [-0.05, 0) is 0 Å². The largest absolute Gasteiger partial charge is 0.416 e. The van der Waals surface area contributed by atoms with E-state index < -0.39 is 18.8 Å². The van der Waals surface area contributed by atoms with E-state index in [2.05, 4.69) is 20.7 Å². The van der Waals surface area contributed by atoms with E-state index in [9.17, 15) is 13.2 Å². The molecule has 5 N–H and O–H groups in total. The molecule has 0 spiro atoms. The molecule has 19 heavy (non-hydrogen) atoms. The minimum absolute atomic E-state index is 0.0868. The van der Waals surface area contributed by atoms with Crippen molar-refractivity contribution in [3.63, 3.8) is 0 Å². The first kappa shape index (κ1) is 13.4. The molecule has 10 heteroatoms. The van der Waals surface area contributed by atoms with Gasteiger partial charge in [0.1, 0.15) is 0 Å². The molecule has 0 bridgehead atoms. The Hall–Kier alpha value is -2.07. The standard InChI is InChI=1S/C9H11F3N6O/c10-9(11,12)5(19)3-15-7-8-14-1-2-18(8)4-6(16-7)17-13/h1-2,4-5,17,19H,3,13H2,(H,15,16). The second kappa shape index (κ2) is 4.90. The second-order valence-corrected chi connectivity index (χ2v) is 3.72. The van der Waals surface area contributed by atoms with Gasteiger partial charge in [0.15, 0.2) is 23.4 Å². The number of anilines is 2. The lowest BCUT2D eigenvalue weighted by molar-refractivity contribution is -0.198. The number of hydrogen-bond acceptors (Lipinski definition) is 6. The number of hydrazine groups is 1. The Morgan fingerprint density at radius 2 is 2.21 bits per heavy atom. The fraction of sp³-hybridized carbons (Fsp3) is 0.333. The summed E-state index contributed by atoms with van der Waals surface area (Å²) in [5, 5.41) is 11.3. The van der Waals surface area contributed by atoms with Crippen LogP contribution in [0.15, 0.2) is 18.6 Å². The van der Waals surface area contributed by atoms with Gasteiger partial charge in [-0.15, -0.1) is 0 Å². The van der Waals surface area contributed by atoms with Gasteiger partial charge in [-0.1, -0.05) is 0 Å². The summed E-state index contributed by atoms with van der Waals surface area (Å²) in [4.78, 5) is 7.88. The van der Waals surface area contributed by atoms with Crippen LogP contribution in [-0.2, 0) is 0 Å². The lowest BCUT2D eigenvalue weighted by Crippen LogP contribution is -2.35. The first-order chi connectivity index (χ1) is 8.91. The van der Waals surface area contributed by atoms with Gasteiger partial charge in [0.25, 0.3) is 0 Å². The fourth-order valence-corrected chi connectivity index (χ4v) is 1.43. The Kier molecular flexibility index (Phi) is 3.44. The SMILES string of the molecule is NNc1cn2ccnc2c(NCC(O)C(F)(F)F)n1. The summed E-state index contributed by atoms with van der Waals surface area (Å²) in [5.74, 6) is 5.53. The zero-order chi connectivity index (χ0) is 14.0. The van der Waals surface area contributed by atoms with E-state index in [0.717, 1.165) is 0 Å². The summed E-state index contributed by atoms with van der Waals surface area (Å²) in [7, 11) is 0. The third-order valence-electron chi connectivity index (χ3n) is 2.36. The number of nitrogen functional groups attached to an aromatic ring is 1. The van der Waals surface area contributed by atoms with Crippen molar-refractivity contribution in [2.24, 2.45) is 5.84 Å². The van der Waals surface area contributed by atoms with E-state index >= 15 is 0 Å². The van der Waals surface area contributed by atoms with Crippen LogP contribution in [0.3, 0.4) is 0 Å². The Morgan fingerprint density at radius 1 is 1.47 bits per heavy atom. The van der Waals surface area contributed by atoms with Gasteiger partial charge in [0, 0.05) is 12.4 Å². The van der Waals surface area contributed by atoms with E-state index in [1.54, 1.807) is 6.20 Å². The third-order valence-corrected chi connectivity index (χ3v) is 2.36. The normalized spacial score (nSPS) is 13.5. The molecule has 2 rings (SSSR count). The van der Waals surface area contributed by atoms with Crippen LogP contribution in [0.1, 0.15) is 0 Å². The zero-order valence-corrected chi connectivity index (χ0v) is 9.52. The molecular formula is C9H11F3N6O. The summed E-state index contributed by atoms with van der Waals surface area (Å²) in [6.45, 7) is -0.729. The third kappa shape index (κ3) is 2.85. The lowest BCUT2D eigenvalue weighted by atomic mass is 10.3. The predicted octanol–water partition coefficient (Wildman–Crippen LogP) is 0.350. The molecule has 0 aromatic carbocycles. The first-order valence-corrected chi connectivity index (χ1v) is 5.21. The predicted molar refractivity (Wildman–Crippen MR) is 61.3 cm³/mol. The Morgan fingerprint density at radius 3 is 2.84 bits per heavy atom. The van der Waals surface area contributed by atoms with E-state index in [1.807, 2.05) is 0 Å². The number of nitrogens with one attached hydrogen (secondary N) is 2. The van der Waals surface area contributed by atoms with Gasteiger partial charge in [-0.25, -0.2) is 15.8 Å². The van der Waals surface area contributed by atoms with Crippen molar-refractivity contribution >= 4 is 17.3 Å². The minimum Gasteiger partial charge on any atom is -0.382 e. The van der Waals surface area contributed by atoms with Gasteiger partial charge in [0.05, 0.1) is 12.7 Å². The lowest BCUT2D eigenvalue weighted by Gasteiger charge is -2.16. The fourth-order valence-electron chi connectivity index (χ4n) is 1.43. The van der Waals surface area contributed by atoms with Crippen molar-refractivity contribution in [1.82, 2.24) is 14.4 Å². The van der Waals surface area contributed by atoms with Gasteiger partial charge in [0.2, 0.25) is 0 Å². The number of nitrogens with zero attached hydrogens (tertiary/aromatic N) is 3. The molecule has 0 fully saturated rings. The zero-order valence-electron chi connectivity index (χ0n) is 9.52. The molecule has 0 aliphatic carbocycles. The topological polar surface area (TPSA) is 100 Å². The quantitative estimate of drug-likeness (QED) is 0.475. The molecule has 2 aromatic rings. The number of imidazole rings is 1. The van der Waals surface area contributed by atoms with Crippen LogP contribution in [0.25, 0.3) is 5.65 Å². The number of rotatable bonds is 4. The molecule has 2 heterocycles. The van der Waals surface area contributed by atoms with E-state index in [1.165, 1.54) is 16.8 Å². The molecule has 1 atom stereocenters. The number of aliphatic hydroxyl groups is 1. The van der Waals surface area contributed by atoms with Gasteiger partial charge in [-0.3, -0.25) is 0 Å². The number of aliphatic hydroxyl groups excluding tert-OH is 1. The molecule has 0 saturated carbocycles. The van der Waals surface area contributed by atoms with Crippen LogP contribution < -0.4 is 16.6 Å². The number of aromatic nitrogens is 3. The number of fused-ring (bicyclic) bond motifs is 1. The van der Waals surface area contributed by atoms with Crippen LogP contribution >= 0.6 is 0 Å². The number of hydrogen-bond donors (Lipinski definition) is 4. The van der Waals surface area contributed by atoms with Crippen LogP contribution in [0.2, 0.25) is 0 Å². The highest BCUT2D eigenvalue weighted by atomic mass is 19.4. The van der Waals surface area contributed by atoms with Gasteiger partial charge >= 0.3 is 6.18 Å². The number of alkyl halides is 3. The van der Waals surface area contributed by atoms with Crippen LogP contribution in [0.5, 0.6) is 0 Å². The molecule has 0 saturated heterocycles. The first-order valence-electron chi connectivity index (χ1n) is 5.21.